The van der Waals surface area contributed by atoms with Gasteiger partial charge in [-0.15, -0.1) is 0 Å². The molecule has 1 saturated heterocycles. The Morgan fingerprint density at radius 3 is 2.39 bits per heavy atom. The number of anilines is 1. The molecule has 208 valence electrons. The van der Waals surface area contributed by atoms with E-state index in [0.717, 1.165) is 0 Å². The molecule has 10 nitrogen and oxygen atoms in total. The molecule has 4 N–H and O–H groups in total. The molecule has 1 spiro atoms. The highest BCUT2D eigenvalue weighted by Gasteiger charge is 2.44. The number of halogens is 4. The number of aliphatic hydroxyl groups excluding tert-OH is 1. The number of rotatable bonds is 6. The van der Waals surface area contributed by atoms with E-state index < -0.39 is 24.0 Å². The fourth-order valence-electron chi connectivity index (χ4n) is 3.81. The van der Waals surface area contributed by atoms with Crippen LogP contribution in [0.3, 0.4) is 0 Å². The van der Waals surface area contributed by atoms with Crippen LogP contribution in [0.1, 0.15) is 19.8 Å². The number of phenolic OH excluding ortho intramolecular Hbond substituents is 1. The molecule has 2 aliphatic rings. The molecule has 1 fully saturated rings. The summed E-state index contributed by atoms with van der Waals surface area (Å²) < 4.78 is 49.5. The molecule has 0 radical (unpaired) electrons. The zero-order valence-corrected chi connectivity index (χ0v) is 20.9. The van der Waals surface area contributed by atoms with Crippen molar-refractivity contribution in [3.8, 4) is 23.0 Å². The maximum atomic E-state index is 11.3. The molecule has 4 rings (SSSR count). The van der Waals surface area contributed by atoms with Gasteiger partial charge in [0.2, 0.25) is 5.91 Å². The number of phenols is 1. The van der Waals surface area contributed by atoms with E-state index in [0.29, 0.717) is 60.4 Å². The molecule has 2 heterocycles. The number of nitrogens with zero attached hydrogens (tertiary/aromatic N) is 1. The van der Waals surface area contributed by atoms with E-state index in [2.05, 4.69) is 10.2 Å². The van der Waals surface area contributed by atoms with Crippen molar-refractivity contribution in [1.29, 1.82) is 0 Å². The summed E-state index contributed by atoms with van der Waals surface area (Å²) >= 11 is 6.03. The van der Waals surface area contributed by atoms with Gasteiger partial charge < -0.3 is 39.7 Å². The van der Waals surface area contributed by atoms with Crippen molar-refractivity contribution >= 4 is 29.2 Å². The van der Waals surface area contributed by atoms with Gasteiger partial charge in [0.1, 0.15) is 24.2 Å². The Balaban J connectivity index is 0.000000505. The molecule has 0 saturated carbocycles. The molecule has 2 aliphatic heterocycles. The minimum Gasteiger partial charge on any atom is -0.508 e. The quantitative estimate of drug-likeness (QED) is 0.389. The lowest BCUT2D eigenvalue weighted by molar-refractivity contribution is -0.192. The van der Waals surface area contributed by atoms with E-state index in [1.807, 2.05) is 6.07 Å². The van der Waals surface area contributed by atoms with Gasteiger partial charge in [-0.2, -0.15) is 13.2 Å². The number of piperidine rings is 1. The lowest BCUT2D eigenvalue weighted by Gasteiger charge is -2.38. The molecule has 0 bridgehead atoms. The van der Waals surface area contributed by atoms with Gasteiger partial charge in [0.25, 0.3) is 5.79 Å². The molecule has 0 unspecified atom stereocenters. The second kappa shape index (κ2) is 12.0. The minimum absolute atomic E-state index is 0.0127. The number of carbonyl (C=O) groups is 2. The number of aromatic hydroxyl groups is 1. The highest BCUT2D eigenvalue weighted by Crippen LogP contribution is 2.44. The number of aliphatic hydroxyl groups is 1. The summed E-state index contributed by atoms with van der Waals surface area (Å²) in [4.78, 5) is 22.4. The summed E-state index contributed by atoms with van der Waals surface area (Å²) in [5.74, 6) is -2.01. The average Bonchev–Trinajstić information content (AvgIpc) is 3.17. The number of benzene rings is 2. The average molecular weight is 563 g/mol. The number of amides is 1. The molecular formula is C24H26ClF3N2O8. The SMILES string of the molecule is CC(=O)Nc1ccc(O)cc1OC[C@H](O)CN1CCC2(CC1)Oc1ccc(Cl)cc1O2.O=C(O)C(F)(F)F. The summed E-state index contributed by atoms with van der Waals surface area (Å²) in [6.45, 7) is 3.22. The largest absolute Gasteiger partial charge is 0.508 e. The molecule has 0 aromatic heterocycles. The normalized spacial score (nSPS) is 16.8. The third kappa shape index (κ3) is 8.04. The number of carboxylic acids is 1. The first-order valence-electron chi connectivity index (χ1n) is 11.4. The van der Waals surface area contributed by atoms with E-state index in [4.69, 9.17) is 35.7 Å². The number of nitrogens with one attached hydrogen (secondary N) is 1. The number of hydrogen-bond acceptors (Lipinski definition) is 8. The second-order valence-electron chi connectivity index (χ2n) is 8.64. The van der Waals surface area contributed by atoms with E-state index in [-0.39, 0.29) is 18.3 Å². The molecule has 1 atom stereocenters. The number of likely N-dealkylation sites (tertiary alicyclic amines) is 1. The van der Waals surface area contributed by atoms with Gasteiger partial charge >= 0.3 is 12.1 Å². The maximum Gasteiger partial charge on any atom is 0.490 e. The lowest BCUT2D eigenvalue weighted by atomic mass is 10.0. The van der Waals surface area contributed by atoms with Crippen LogP contribution in [0.25, 0.3) is 0 Å². The van der Waals surface area contributed by atoms with Crippen LogP contribution in [0, 0.1) is 0 Å². The number of β-amino-alcohol motifs (C(OH)–C–C–N with tert-alkyl or cyclic N) is 1. The van der Waals surface area contributed by atoms with Crippen molar-refractivity contribution in [2.24, 2.45) is 0 Å². The van der Waals surface area contributed by atoms with E-state index >= 15 is 0 Å². The number of fused-ring (bicyclic) bond motifs is 1. The summed E-state index contributed by atoms with van der Waals surface area (Å²) in [6, 6.07) is 9.76. The van der Waals surface area contributed by atoms with Crippen molar-refractivity contribution in [1.82, 2.24) is 4.90 Å². The Morgan fingerprint density at radius 1 is 1.16 bits per heavy atom. The second-order valence-corrected chi connectivity index (χ2v) is 9.07. The predicted octanol–water partition coefficient (Wildman–Crippen LogP) is 3.64. The van der Waals surface area contributed by atoms with Crippen LogP contribution >= 0.6 is 11.6 Å². The number of ether oxygens (including phenoxy) is 3. The van der Waals surface area contributed by atoms with Gasteiger partial charge in [0.15, 0.2) is 11.5 Å². The van der Waals surface area contributed by atoms with Crippen molar-refractivity contribution < 1.29 is 52.3 Å². The van der Waals surface area contributed by atoms with E-state index in [9.17, 15) is 28.2 Å². The van der Waals surface area contributed by atoms with Crippen LogP contribution in [0.15, 0.2) is 36.4 Å². The Hall–Kier alpha value is -3.42. The molecule has 1 amide bonds. The predicted molar refractivity (Wildman–Crippen MR) is 129 cm³/mol. The Kier molecular flexibility index (Phi) is 9.18. The van der Waals surface area contributed by atoms with Crippen molar-refractivity contribution in [3.05, 3.63) is 41.4 Å². The third-order valence-electron chi connectivity index (χ3n) is 5.53. The van der Waals surface area contributed by atoms with Crippen molar-refractivity contribution in [2.75, 3.05) is 31.6 Å². The van der Waals surface area contributed by atoms with Gasteiger partial charge in [-0.05, 0) is 24.3 Å². The third-order valence-corrected chi connectivity index (χ3v) is 5.77. The van der Waals surface area contributed by atoms with Gasteiger partial charge in [-0.25, -0.2) is 4.79 Å². The first-order valence-corrected chi connectivity index (χ1v) is 11.8. The van der Waals surface area contributed by atoms with Gasteiger partial charge in [0, 0.05) is 56.6 Å². The molecule has 14 heteroatoms. The zero-order valence-electron chi connectivity index (χ0n) is 20.1. The number of hydrogen-bond donors (Lipinski definition) is 4. The van der Waals surface area contributed by atoms with Crippen LogP contribution in [-0.2, 0) is 9.59 Å². The van der Waals surface area contributed by atoms with Gasteiger partial charge in [0.05, 0.1) is 5.69 Å². The van der Waals surface area contributed by atoms with Crippen molar-refractivity contribution in [3.63, 3.8) is 0 Å². The topological polar surface area (TPSA) is 138 Å². The summed E-state index contributed by atoms with van der Waals surface area (Å²) in [6.07, 6.45) is -4.51. The van der Waals surface area contributed by atoms with Gasteiger partial charge in [-0.3, -0.25) is 4.79 Å². The molecular weight excluding hydrogens is 537 g/mol. The highest BCUT2D eigenvalue weighted by atomic mass is 35.5. The number of alkyl halides is 3. The number of carbonyl (C=O) groups excluding carboxylic acids is 1. The van der Waals surface area contributed by atoms with Crippen LogP contribution in [0.5, 0.6) is 23.0 Å². The van der Waals surface area contributed by atoms with Crippen LogP contribution in [0.2, 0.25) is 5.02 Å². The molecule has 2 aromatic rings. The number of carboxylic acid groups (broad SMARTS) is 1. The highest BCUT2D eigenvalue weighted by molar-refractivity contribution is 6.30. The smallest absolute Gasteiger partial charge is 0.490 e. The van der Waals surface area contributed by atoms with Gasteiger partial charge in [-0.1, -0.05) is 11.6 Å². The lowest BCUT2D eigenvalue weighted by Crippen LogP contribution is -2.51. The zero-order chi connectivity index (χ0) is 28.1. The number of aliphatic carboxylic acids is 1. The summed E-state index contributed by atoms with van der Waals surface area (Å²) in [5, 5.41) is 30.5. The van der Waals surface area contributed by atoms with Crippen LogP contribution < -0.4 is 19.5 Å². The van der Waals surface area contributed by atoms with E-state index in [1.54, 1.807) is 18.2 Å². The summed E-state index contributed by atoms with van der Waals surface area (Å²) in [7, 11) is 0. The minimum atomic E-state index is -5.08. The molecule has 0 aliphatic carbocycles. The van der Waals surface area contributed by atoms with E-state index in [1.165, 1.54) is 19.1 Å². The molecule has 38 heavy (non-hydrogen) atoms. The van der Waals surface area contributed by atoms with Crippen LogP contribution in [0.4, 0.5) is 18.9 Å². The fraction of sp³-hybridized carbons (Fsp3) is 0.417. The molecule has 2 aromatic carbocycles. The van der Waals surface area contributed by atoms with Crippen LogP contribution in [-0.4, -0.2) is 76.4 Å². The first kappa shape index (κ1) is 29.1. The first-order chi connectivity index (χ1) is 17.8. The Morgan fingerprint density at radius 2 is 1.79 bits per heavy atom. The standard InChI is InChI=1S/C22H25ClN2O6.C2HF3O2/c1-14(26)24-18-4-3-16(27)11-20(18)29-13-17(28)12-25-8-6-22(7-9-25)30-19-5-2-15(23)10-21(19)31-22;3-2(4,5)1(6)7/h2-5,10-11,17,27-28H,6-9,12-13H2,1H3,(H,24,26);(H,6,7)/t17-;/m1./s1. The Bertz CT molecular complexity index is 1160. The maximum absolute atomic E-state index is 11.3. The summed E-state index contributed by atoms with van der Waals surface area (Å²) in [5.41, 5.74) is 0.438. The van der Waals surface area contributed by atoms with Crippen molar-refractivity contribution in [2.45, 2.75) is 37.8 Å². The Labute approximate surface area is 220 Å². The fourth-order valence-corrected chi connectivity index (χ4v) is 3.97. The monoisotopic (exact) mass is 562 g/mol.